The smallest absolute Gasteiger partial charge is 0.168 e. The fraction of sp³-hybridized carbons (Fsp3) is 0.226. The van der Waals surface area contributed by atoms with Crippen LogP contribution in [0.1, 0.15) is 54.8 Å². The molecule has 2 N–H and O–H groups in total. The largest absolute Gasteiger partial charge is 0.384 e. The second-order valence-electron chi connectivity index (χ2n) is 9.95. The molecule has 0 spiro atoms. The molecular weight excluding hydrogens is 474 g/mol. The molecular formula is C31H31N5O2. The van der Waals surface area contributed by atoms with Gasteiger partial charge in [0.15, 0.2) is 6.29 Å². The Morgan fingerprint density at radius 2 is 1.68 bits per heavy atom. The third-order valence-corrected chi connectivity index (χ3v) is 6.67. The molecule has 3 aromatic carbocycles. The minimum absolute atomic E-state index is 0.419. The van der Waals surface area contributed by atoms with Crippen molar-refractivity contribution < 1.29 is 9.90 Å². The minimum atomic E-state index is -1.20. The topological polar surface area (TPSA) is 96.7 Å². The normalized spacial score (nSPS) is 11.6. The molecule has 0 aliphatic heterocycles. The van der Waals surface area contributed by atoms with E-state index in [0.29, 0.717) is 17.9 Å². The second kappa shape index (κ2) is 10.6. The summed E-state index contributed by atoms with van der Waals surface area (Å²) in [4.78, 5) is 16.7. The lowest BCUT2D eigenvalue weighted by atomic mass is 9.93. The average Bonchev–Trinajstić information content (AvgIpc) is 3.58. The number of benzene rings is 3. The SMILES string of the molecule is CCCc1nc(C(C)(C)O)c(C=O)n1Cc1ccc(-c2cc(-c3ccccc3)ccc2-c2cn[nH]n2)cc1. The summed E-state index contributed by atoms with van der Waals surface area (Å²) in [6, 6.07) is 25.0. The Labute approximate surface area is 222 Å². The van der Waals surface area contributed by atoms with Gasteiger partial charge in [0.2, 0.25) is 0 Å². The first kappa shape index (κ1) is 25.3. The highest BCUT2D eigenvalue weighted by Gasteiger charge is 2.27. The van der Waals surface area contributed by atoms with E-state index >= 15 is 0 Å². The standard InChI is InChI=1S/C31H31N5O2/c1-4-8-29-33-30(31(2,3)38)28(20-37)36(29)19-21-11-13-23(14-12-21)26-17-24(22-9-6-5-7-10-22)15-16-25(26)27-18-32-35-34-27/h5-7,9-18,20,38H,4,8,19H2,1-3H3,(H,32,34,35). The van der Waals surface area contributed by atoms with Gasteiger partial charge in [-0.1, -0.05) is 73.7 Å². The summed E-state index contributed by atoms with van der Waals surface area (Å²) >= 11 is 0. The van der Waals surface area contributed by atoms with E-state index in [2.05, 4.69) is 81.9 Å². The molecule has 7 nitrogen and oxygen atoms in total. The molecule has 0 radical (unpaired) electrons. The van der Waals surface area contributed by atoms with E-state index in [-0.39, 0.29) is 0 Å². The maximum atomic E-state index is 12.1. The second-order valence-corrected chi connectivity index (χ2v) is 9.95. The average molecular weight is 506 g/mol. The van der Waals surface area contributed by atoms with Crippen molar-refractivity contribution in [3.8, 4) is 33.5 Å². The molecule has 0 aliphatic carbocycles. The van der Waals surface area contributed by atoms with Crippen molar-refractivity contribution in [2.45, 2.75) is 45.8 Å². The Hall–Kier alpha value is -4.36. The van der Waals surface area contributed by atoms with Crippen LogP contribution >= 0.6 is 0 Å². The van der Waals surface area contributed by atoms with Crippen molar-refractivity contribution in [3.05, 3.63) is 102 Å². The summed E-state index contributed by atoms with van der Waals surface area (Å²) in [6.07, 6.45) is 4.14. The molecule has 192 valence electrons. The molecule has 0 saturated heterocycles. The number of carbonyl (C=O) groups is 1. The maximum absolute atomic E-state index is 12.1. The molecule has 0 fully saturated rings. The molecule has 38 heavy (non-hydrogen) atoms. The van der Waals surface area contributed by atoms with Crippen molar-refractivity contribution in [2.75, 3.05) is 0 Å². The van der Waals surface area contributed by atoms with Crippen LogP contribution in [0.25, 0.3) is 33.5 Å². The number of H-pyrrole nitrogens is 1. The maximum Gasteiger partial charge on any atom is 0.168 e. The van der Waals surface area contributed by atoms with Gasteiger partial charge in [0.25, 0.3) is 0 Å². The van der Waals surface area contributed by atoms with Gasteiger partial charge in [-0.25, -0.2) is 4.98 Å². The Morgan fingerprint density at radius 1 is 0.947 bits per heavy atom. The predicted octanol–water partition coefficient (Wildman–Crippen LogP) is 6.04. The number of hydrogen-bond donors (Lipinski definition) is 2. The monoisotopic (exact) mass is 505 g/mol. The molecule has 0 saturated carbocycles. The number of rotatable bonds is 9. The Kier molecular flexibility index (Phi) is 7.03. The molecule has 0 unspecified atom stereocenters. The first-order valence-electron chi connectivity index (χ1n) is 12.8. The van der Waals surface area contributed by atoms with Crippen molar-refractivity contribution in [1.82, 2.24) is 25.0 Å². The number of nitrogens with one attached hydrogen (secondary N) is 1. The van der Waals surface area contributed by atoms with Crippen LogP contribution in [0.2, 0.25) is 0 Å². The highest BCUT2D eigenvalue weighted by Crippen LogP contribution is 2.35. The van der Waals surface area contributed by atoms with Crippen LogP contribution in [0.5, 0.6) is 0 Å². The first-order chi connectivity index (χ1) is 18.4. The fourth-order valence-corrected chi connectivity index (χ4v) is 4.79. The molecule has 0 bridgehead atoms. The van der Waals surface area contributed by atoms with Gasteiger partial charge in [-0.15, -0.1) is 0 Å². The molecule has 5 aromatic rings. The quantitative estimate of drug-likeness (QED) is 0.238. The van der Waals surface area contributed by atoms with E-state index in [1.54, 1.807) is 20.0 Å². The number of imidazole rings is 1. The number of aromatic nitrogens is 5. The molecule has 7 heteroatoms. The molecule has 2 aromatic heterocycles. The fourth-order valence-electron chi connectivity index (χ4n) is 4.79. The number of carbonyl (C=O) groups excluding carboxylic acids is 1. The van der Waals surface area contributed by atoms with Crippen LogP contribution in [0, 0.1) is 0 Å². The van der Waals surface area contributed by atoms with Crippen molar-refractivity contribution in [1.29, 1.82) is 0 Å². The Balaban J connectivity index is 1.53. The van der Waals surface area contributed by atoms with E-state index in [1.165, 1.54) is 0 Å². The highest BCUT2D eigenvalue weighted by atomic mass is 16.3. The summed E-state index contributed by atoms with van der Waals surface area (Å²) < 4.78 is 1.93. The molecule has 0 aliphatic rings. The molecule has 5 rings (SSSR count). The van der Waals surface area contributed by atoms with Crippen LogP contribution in [0.4, 0.5) is 0 Å². The zero-order valence-electron chi connectivity index (χ0n) is 21.8. The van der Waals surface area contributed by atoms with Gasteiger partial charge in [-0.05, 0) is 54.2 Å². The van der Waals surface area contributed by atoms with E-state index in [0.717, 1.165) is 64.0 Å². The lowest BCUT2D eigenvalue weighted by molar-refractivity contribution is 0.0723. The lowest BCUT2D eigenvalue weighted by Gasteiger charge is -2.16. The van der Waals surface area contributed by atoms with Gasteiger partial charge in [-0.2, -0.15) is 15.4 Å². The van der Waals surface area contributed by atoms with Gasteiger partial charge >= 0.3 is 0 Å². The van der Waals surface area contributed by atoms with Crippen molar-refractivity contribution in [3.63, 3.8) is 0 Å². The summed E-state index contributed by atoms with van der Waals surface area (Å²) in [5.41, 5.74) is 6.82. The number of nitrogens with zero attached hydrogens (tertiary/aromatic N) is 4. The summed E-state index contributed by atoms with van der Waals surface area (Å²) in [7, 11) is 0. The molecule has 2 heterocycles. The number of aliphatic hydroxyl groups is 1. The predicted molar refractivity (Wildman–Crippen MR) is 149 cm³/mol. The van der Waals surface area contributed by atoms with Gasteiger partial charge < -0.3 is 9.67 Å². The third-order valence-electron chi connectivity index (χ3n) is 6.67. The lowest BCUT2D eigenvalue weighted by Crippen LogP contribution is -2.19. The van der Waals surface area contributed by atoms with Gasteiger partial charge in [0.1, 0.15) is 28.5 Å². The highest BCUT2D eigenvalue weighted by molar-refractivity contribution is 5.85. The zero-order chi connectivity index (χ0) is 26.7. The third kappa shape index (κ3) is 5.06. The number of aryl methyl sites for hydroxylation is 1. The number of aromatic amines is 1. The summed E-state index contributed by atoms with van der Waals surface area (Å²) in [6.45, 7) is 5.89. The van der Waals surface area contributed by atoms with Gasteiger partial charge in [0, 0.05) is 18.5 Å². The van der Waals surface area contributed by atoms with E-state index < -0.39 is 5.60 Å². The minimum Gasteiger partial charge on any atom is -0.384 e. The van der Waals surface area contributed by atoms with Crippen LogP contribution < -0.4 is 0 Å². The van der Waals surface area contributed by atoms with Gasteiger partial charge in [-0.3, -0.25) is 4.79 Å². The van der Waals surface area contributed by atoms with Crippen molar-refractivity contribution >= 4 is 6.29 Å². The van der Waals surface area contributed by atoms with Crippen LogP contribution in [-0.4, -0.2) is 36.4 Å². The summed E-state index contributed by atoms with van der Waals surface area (Å²) in [5.74, 6) is 0.805. The molecule has 0 atom stereocenters. The van der Waals surface area contributed by atoms with Crippen LogP contribution in [0.3, 0.4) is 0 Å². The first-order valence-corrected chi connectivity index (χ1v) is 12.8. The van der Waals surface area contributed by atoms with E-state index in [1.807, 2.05) is 22.8 Å². The summed E-state index contributed by atoms with van der Waals surface area (Å²) in [5, 5.41) is 21.6. The van der Waals surface area contributed by atoms with Crippen LogP contribution in [-0.2, 0) is 18.6 Å². The van der Waals surface area contributed by atoms with Crippen LogP contribution in [0.15, 0.2) is 79.0 Å². The Bertz CT molecular complexity index is 1530. The van der Waals surface area contributed by atoms with Gasteiger partial charge in [0.05, 0.1) is 6.20 Å². The zero-order valence-corrected chi connectivity index (χ0v) is 21.8. The van der Waals surface area contributed by atoms with E-state index in [4.69, 9.17) is 0 Å². The number of hydrogen-bond acceptors (Lipinski definition) is 5. The van der Waals surface area contributed by atoms with Crippen molar-refractivity contribution in [2.24, 2.45) is 0 Å². The Morgan fingerprint density at radius 3 is 2.32 bits per heavy atom. The van der Waals surface area contributed by atoms with E-state index in [9.17, 15) is 9.90 Å². The molecule has 0 amide bonds. The number of aldehydes is 1.